The largest absolute Gasteiger partial charge is 0.393 e. The molecule has 0 radical (unpaired) electrons. The lowest BCUT2D eigenvalue weighted by Gasteiger charge is -2.12. The van der Waals surface area contributed by atoms with E-state index in [-0.39, 0.29) is 6.10 Å². The predicted molar refractivity (Wildman–Crippen MR) is 49.4 cm³/mol. The van der Waals surface area contributed by atoms with Crippen molar-refractivity contribution in [1.82, 2.24) is 0 Å². The van der Waals surface area contributed by atoms with Crippen molar-refractivity contribution >= 4 is 0 Å². The van der Waals surface area contributed by atoms with E-state index in [1.807, 2.05) is 0 Å². The molecule has 0 spiro atoms. The molecule has 0 aliphatic heterocycles. The maximum atomic E-state index is 9.41. The van der Waals surface area contributed by atoms with Gasteiger partial charge in [-0.1, -0.05) is 38.7 Å². The van der Waals surface area contributed by atoms with Gasteiger partial charge in [0.05, 0.1) is 6.10 Å². The molecular weight excluding hydrogens is 136 g/mol. The van der Waals surface area contributed by atoms with Crippen LogP contribution < -0.4 is 0 Å². The maximum Gasteiger partial charge on any atom is 0.0582 e. The van der Waals surface area contributed by atoms with Crippen LogP contribution in [0.15, 0.2) is 24.8 Å². The third-order valence-corrected chi connectivity index (χ3v) is 1.53. The molecule has 0 saturated carbocycles. The van der Waals surface area contributed by atoms with Crippen LogP contribution in [0.5, 0.6) is 0 Å². The summed E-state index contributed by atoms with van der Waals surface area (Å²) in [5, 5.41) is 9.41. The van der Waals surface area contributed by atoms with E-state index in [0.29, 0.717) is 12.3 Å². The fourth-order valence-electron chi connectivity index (χ4n) is 1.01. The standard InChI is InChI=1S/C10H18O/c1-5-9(4)7-10(11)6-8(2)3/h5,8,10-11H,1,4,6-7H2,2-3H3/t10-/m1/s1. The van der Waals surface area contributed by atoms with E-state index in [0.717, 1.165) is 12.0 Å². The Morgan fingerprint density at radius 2 is 2.09 bits per heavy atom. The maximum absolute atomic E-state index is 9.41. The van der Waals surface area contributed by atoms with Gasteiger partial charge in [-0.25, -0.2) is 0 Å². The highest BCUT2D eigenvalue weighted by Crippen LogP contribution is 2.11. The quantitative estimate of drug-likeness (QED) is 0.603. The molecule has 0 aliphatic carbocycles. The Hall–Kier alpha value is -0.560. The topological polar surface area (TPSA) is 20.2 Å². The van der Waals surface area contributed by atoms with Gasteiger partial charge in [-0.15, -0.1) is 0 Å². The molecule has 0 fully saturated rings. The van der Waals surface area contributed by atoms with Gasteiger partial charge in [-0.3, -0.25) is 0 Å². The molecule has 1 N–H and O–H groups in total. The molecule has 0 saturated heterocycles. The third kappa shape index (κ3) is 5.86. The zero-order valence-corrected chi connectivity index (χ0v) is 7.51. The lowest BCUT2D eigenvalue weighted by molar-refractivity contribution is 0.150. The molecule has 1 heteroatoms. The molecule has 0 aromatic carbocycles. The van der Waals surface area contributed by atoms with Crippen LogP contribution in [0.1, 0.15) is 26.7 Å². The Labute approximate surface area is 69.4 Å². The zero-order chi connectivity index (χ0) is 8.85. The van der Waals surface area contributed by atoms with Crippen LogP contribution in [0, 0.1) is 5.92 Å². The smallest absolute Gasteiger partial charge is 0.0582 e. The number of aliphatic hydroxyl groups is 1. The Bertz CT molecular complexity index is 136. The van der Waals surface area contributed by atoms with Crippen molar-refractivity contribution in [2.24, 2.45) is 5.92 Å². The monoisotopic (exact) mass is 154 g/mol. The lowest BCUT2D eigenvalue weighted by Crippen LogP contribution is -2.10. The van der Waals surface area contributed by atoms with E-state index in [2.05, 4.69) is 27.0 Å². The van der Waals surface area contributed by atoms with Gasteiger partial charge < -0.3 is 5.11 Å². The molecule has 0 heterocycles. The van der Waals surface area contributed by atoms with E-state index in [9.17, 15) is 5.11 Å². The Balaban J connectivity index is 3.59. The Morgan fingerprint density at radius 3 is 2.45 bits per heavy atom. The number of aliphatic hydroxyl groups excluding tert-OH is 1. The number of hydrogen-bond donors (Lipinski definition) is 1. The second-order valence-corrected chi connectivity index (χ2v) is 3.35. The summed E-state index contributed by atoms with van der Waals surface area (Å²) >= 11 is 0. The molecule has 1 atom stereocenters. The minimum absolute atomic E-state index is 0.250. The minimum Gasteiger partial charge on any atom is -0.393 e. The molecule has 0 aromatic rings. The minimum atomic E-state index is -0.250. The first-order valence-corrected chi connectivity index (χ1v) is 4.04. The Morgan fingerprint density at radius 1 is 1.55 bits per heavy atom. The number of allylic oxidation sites excluding steroid dienone is 1. The molecule has 0 rings (SSSR count). The van der Waals surface area contributed by atoms with Crippen LogP contribution in [-0.4, -0.2) is 11.2 Å². The summed E-state index contributed by atoms with van der Waals surface area (Å²) in [6, 6.07) is 0. The molecule has 0 aromatic heterocycles. The third-order valence-electron chi connectivity index (χ3n) is 1.53. The molecular formula is C10H18O. The second-order valence-electron chi connectivity index (χ2n) is 3.35. The van der Waals surface area contributed by atoms with Crippen molar-refractivity contribution in [2.75, 3.05) is 0 Å². The van der Waals surface area contributed by atoms with Crippen LogP contribution in [0.2, 0.25) is 0 Å². The van der Waals surface area contributed by atoms with E-state index in [1.54, 1.807) is 6.08 Å². The van der Waals surface area contributed by atoms with Gasteiger partial charge in [-0.05, 0) is 18.8 Å². The highest BCUT2D eigenvalue weighted by Gasteiger charge is 2.06. The van der Waals surface area contributed by atoms with Gasteiger partial charge in [0.2, 0.25) is 0 Å². The number of hydrogen-bond acceptors (Lipinski definition) is 1. The SMILES string of the molecule is C=CC(=C)C[C@H](O)CC(C)C. The summed E-state index contributed by atoms with van der Waals surface area (Å²) in [6.07, 6.45) is 2.94. The van der Waals surface area contributed by atoms with E-state index >= 15 is 0 Å². The van der Waals surface area contributed by atoms with Gasteiger partial charge in [0.25, 0.3) is 0 Å². The second kappa shape index (κ2) is 5.14. The molecule has 11 heavy (non-hydrogen) atoms. The molecule has 0 aliphatic rings. The average molecular weight is 154 g/mol. The van der Waals surface area contributed by atoms with Crippen LogP contribution in [0.25, 0.3) is 0 Å². The number of rotatable bonds is 5. The summed E-state index contributed by atoms with van der Waals surface area (Å²) in [6.45, 7) is 11.5. The molecule has 1 nitrogen and oxygen atoms in total. The van der Waals surface area contributed by atoms with Gasteiger partial charge in [0.15, 0.2) is 0 Å². The van der Waals surface area contributed by atoms with Crippen LogP contribution in [0.4, 0.5) is 0 Å². The van der Waals surface area contributed by atoms with Crippen molar-refractivity contribution in [2.45, 2.75) is 32.8 Å². The summed E-state index contributed by atoms with van der Waals surface area (Å²) < 4.78 is 0. The van der Waals surface area contributed by atoms with E-state index < -0.39 is 0 Å². The summed E-state index contributed by atoms with van der Waals surface area (Å²) in [4.78, 5) is 0. The van der Waals surface area contributed by atoms with Crippen molar-refractivity contribution in [3.63, 3.8) is 0 Å². The van der Waals surface area contributed by atoms with Crippen molar-refractivity contribution in [1.29, 1.82) is 0 Å². The zero-order valence-electron chi connectivity index (χ0n) is 7.51. The van der Waals surface area contributed by atoms with Crippen molar-refractivity contribution in [3.05, 3.63) is 24.8 Å². The van der Waals surface area contributed by atoms with Gasteiger partial charge in [0.1, 0.15) is 0 Å². The molecule has 0 amide bonds. The van der Waals surface area contributed by atoms with Gasteiger partial charge >= 0.3 is 0 Å². The van der Waals surface area contributed by atoms with Gasteiger partial charge in [-0.2, -0.15) is 0 Å². The fourth-order valence-corrected chi connectivity index (χ4v) is 1.01. The fraction of sp³-hybridized carbons (Fsp3) is 0.600. The lowest BCUT2D eigenvalue weighted by atomic mass is 10.0. The Kier molecular flexibility index (Phi) is 4.88. The van der Waals surface area contributed by atoms with Crippen LogP contribution >= 0.6 is 0 Å². The highest BCUT2D eigenvalue weighted by atomic mass is 16.3. The van der Waals surface area contributed by atoms with E-state index in [1.165, 1.54) is 0 Å². The van der Waals surface area contributed by atoms with Crippen LogP contribution in [0.3, 0.4) is 0 Å². The first kappa shape index (κ1) is 10.4. The summed E-state index contributed by atoms with van der Waals surface area (Å²) in [7, 11) is 0. The molecule has 0 unspecified atom stereocenters. The normalized spacial score (nSPS) is 13.1. The predicted octanol–water partition coefficient (Wildman–Crippen LogP) is 2.53. The van der Waals surface area contributed by atoms with Crippen molar-refractivity contribution in [3.8, 4) is 0 Å². The van der Waals surface area contributed by atoms with Crippen LogP contribution in [-0.2, 0) is 0 Å². The highest BCUT2D eigenvalue weighted by molar-refractivity contribution is 5.11. The first-order chi connectivity index (χ1) is 5.06. The molecule has 64 valence electrons. The first-order valence-electron chi connectivity index (χ1n) is 4.04. The summed E-state index contributed by atoms with van der Waals surface area (Å²) in [5.41, 5.74) is 0.915. The summed E-state index contributed by atoms with van der Waals surface area (Å²) in [5.74, 6) is 0.544. The average Bonchev–Trinajstić information content (AvgIpc) is 1.85. The molecule has 0 bridgehead atoms. The van der Waals surface area contributed by atoms with Gasteiger partial charge in [0, 0.05) is 0 Å². The van der Waals surface area contributed by atoms with E-state index in [4.69, 9.17) is 0 Å². The van der Waals surface area contributed by atoms with Crippen molar-refractivity contribution < 1.29 is 5.11 Å².